The summed E-state index contributed by atoms with van der Waals surface area (Å²) in [6, 6.07) is 5.76. The second-order valence-corrected chi connectivity index (χ2v) is 4.02. The van der Waals surface area contributed by atoms with Crippen LogP contribution in [0.2, 0.25) is 0 Å². The van der Waals surface area contributed by atoms with Gasteiger partial charge >= 0.3 is 0 Å². The van der Waals surface area contributed by atoms with Crippen molar-refractivity contribution in [2.24, 2.45) is 0 Å². The van der Waals surface area contributed by atoms with E-state index in [1.807, 2.05) is 18.2 Å². The minimum atomic E-state index is 0.221. The quantitative estimate of drug-likeness (QED) is 0.491. The van der Waals surface area contributed by atoms with Gasteiger partial charge in [-0.1, -0.05) is 38.5 Å². The Kier molecular flexibility index (Phi) is 6.96. The van der Waals surface area contributed by atoms with Crippen LogP contribution in [0, 0.1) is 0 Å². The lowest BCUT2D eigenvalue weighted by atomic mass is 10.2. The first-order valence-electron chi connectivity index (χ1n) is 6.32. The highest BCUT2D eigenvalue weighted by atomic mass is 16.7. The lowest BCUT2D eigenvalue weighted by molar-refractivity contribution is 0.0485. The zero-order valence-electron chi connectivity index (χ0n) is 11.3. The molecule has 0 amide bonds. The molecule has 0 radical (unpaired) electrons. The molecule has 0 unspecified atom stereocenters. The van der Waals surface area contributed by atoms with Crippen LogP contribution in [0.25, 0.3) is 6.08 Å². The molecule has 100 valence electrons. The first kappa shape index (κ1) is 14.6. The van der Waals surface area contributed by atoms with E-state index in [4.69, 9.17) is 14.2 Å². The third-order valence-corrected chi connectivity index (χ3v) is 2.54. The van der Waals surface area contributed by atoms with Crippen molar-refractivity contribution < 1.29 is 14.2 Å². The molecule has 1 aromatic rings. The van der Waals surface area contributed by atoms with Gasteiger partial charge in [0.25, 0.3) is 0 Å². The zero-order valence-corrected chi connectivity index (χ0v) is 11.3. The van der Waals surface area contributed by atoms with E-state index in [0.29, 0.717) is 12.4 Å². The number of rotatable bonds is 9. The highest BCUT2D eigenvalue weighted by Gasteiger charge is 2.05. The predicted octanol–water partition coefficient (Wildman–Crippen LogP) is 3.88. The van der Waals surface area contributed by atoms with Crippen molar-refractivity contribution in [1.82, 2.24) is 0 Å². The summed E-state index contributed by atoms with van der Waals surface area (Å²) < 4.78 is 16.1. The molecule has 18 heavy (non-hydrogen) atoms. The van der Waals surface area contributed by atoms with Gasteiger partial charge in [0.15, 0.2) is 18.3 Å². The van der Waals surface area contributed by atoms with E-state index in [9.17, 15) is 0 Å². The number of hydrogen-bond donors (Lipinski definition) is 0. The van der Waals surface area contributed by atoms with Crippen molar-refractivity contribution in [3.8, 4) is 11.5 Å². The third-order valence-electron chi connectivity index (χ3n) is 2.54. The fraction of sp³-hybridized carbons (Fsp3) is 0.467. The van der Waals surface area contributed by atoms with Crippen molar-refractivity contribution in [3.63, 3.8) is 0 Å². The first-order valence-corrected chi connectivity index (χ1v) is 6.32. The molecule has 0 saturated carbocycles. The summed E-state index contributed by atoms with van der Waals surface area (Å²) in [5.41, 5.74) is 1.02. The van der Waals surface area contributed by atoms with Crippen LogP contribution in [-0.4, -0.2) is 20.5 Å². The van der Waals surface area contributed by atoms with Crippen LogP contribution in [0.1, 0.15) is 31.7 Å². The smallest absolute Gasteiger partial charge is 0.188 e. The molecule has 0 aliphatic rings. The van der Waals surface area contributed by atoms with Crippen LogP contribution >= 0.6 is 0 Å². The van der Waals surface area contributed by atoms with E-state index in [1.165, 1.54) is 12.8 Å². The number of benzene rings is 1. The second kappa shape index (κ2) is 8.59. The lowest BCUT2D eigenvalue weighted by Gasteiger charge is -2.13. The first-order chi connectivity index (χ1) is 8.81. The monoisotopic (exact) mass is 250 g/mol. The molecule has 0 N–H and O–H groups in total. The lowest BCUT2D eigenvalue weighted by Crippen LogP contribution is -2.03. The molecule has 0 fully saturated rings. The maximum absolute atomic E-state index is 5.75. The second-order valence-electron chi connectivity index (χ2n) is 4.02. The van der Waals surface area contributed by atoms with Crippen molar-refractivity contribution in [2.45, 2.75) is 26.2 Å². The minimum absolute atomic E-state index is 0.221. The van der Waals surface area contributed by atoms with Gasteiger partial charge in [0.1, 0.15) is 0 Å². The van der Waals surface area contributed by atoms with E-state index in [1.54, 1.807) is 13.2 Å². The summed E-state index contributed by atoms with van der Waals surface area (Å²) in [6.45, 7) is 6.85. The normalized spacial score (nSPS) is 10.1. The summed E-state index contributed by atoms with van der Waals surface area (Å²) in [4.78, 5) is 0. The number of methoxy groups -OCH3 is 1. The molecule has 1 aromatic carbocycles. The van der Waals surface area contributed by atoms with Crippen molar-refractivity contribution in [2.75, 3.05) is 20.5 Å². The summed E-state index contributed by atoms with van der Waals surface area (Å²) in [5.74, 6) is 1.46. The summed E-state index contributed by atoms with van der Waals surface area (Å²) in [6.07, 6.45) is 5.20. The molecule has 0 bridgehead atoms. The van der Waals surface area contributed by atoms with E-state index in [2.05, 4.69) is 13.5 Å². The van der Waals surface area contributed by atoms with E-state index >= 15 is 0 Å². The van der Waals surface area contributed by atoms with Gasteiger partial charge in [-0.3, -0.25) is 0 Å². The summed E-state index contributed by atoms with van der Waals surface area (Å²) >= 11 is 0. The number of unbranched alkanes of at least 4 members (excludes halogenated alkanes) is 2. The van der Waals surface area contributed by atoms with Crippen LogP contribution in [0.3, 0.4) is 0 Å². The van der Waals surface area contributed by atoms with E-state index in [-0.39, 0.29) is 6.79 Å². The maximum Gasteiger partial charge on any atom is 0.188 e. The number of hydrogen-bond acceptors (Lipinski definition) is 3. The fourth-order valence-electron chi connectivity index (χ4n) is 1.54. The molecule has 1 rings (SSSR count). The average Bonchev–Trinajstić information content (AvgIpc) is 2.42. The third kappa shape index (κ3) is 4.80. The van der Waals surface area contributed by atoms with Crippen molar-refractivity contribution in [1.29, 1.82) is 0 Å². The highest BCUT2D eigenvalue weighted by Crippen LogP contribution is 2.29. The molecule has 3 nitrogen and oxygen atoms in total. The van der Waals surface area contributed by atoms with Crippen LogP contribution in [0.4, 0.5) is 0 Å². The standard InChI is InChI=1S/C15H22O3/c1-4-6-7-10-17-15-11-13(5-2)8-9-14(15)18-12-16-3/h5,8-9,11H,2,4,6-7,10,12H2,1,3H3. The summed E-state index contributed by atoms with van der Waals surface area (Å²) in [7, 11) is 1.60. The van der Waals surface area contributed by atoms with E-state index < -0.39 is 0 Å². The molecular weight excluding hydrogens is 228 g/mol. The van der Waals surface area contributed by atoms with Crippen LogP contribution in [-0.2, 0) is 4.74 Å². The molecule has 0 heterocycles. The summed E-state index contributed by atoms with van der Waals surface area (Å²) in [5, 5.41) is 0. The van der Waals surface area contributed by atoms with Gasteiger partial charge in [-0.2, -0.15) is 0 Å². The van der Waals surface area contributed by atoms with Gasteiger partial charge in [-0.15, -0.1) is 0 Å². The molecule has 0 atom stereocenters. The molecular formula is C15H22O3. The Morgan fingerprint density at radius 3 is 2.67 bits per heavy atom. The SMILES string of the molecule is C=Cc1ccc(OCOC)c(OCCCCC)c1. The topological polar surface area (TPSA) is 27.7 Å². The Hall–Kier alpha value is -1.48. The molecule has 3 heteroatoms. The van der Waals surface area contributed by atoms with E-state index in [0.717, 1.165) is 17.7 Å². The average molecular weight is 250 g/mol. The van der Waals surface area contributed by atoms with Gasteiger partial charge in [-0.05, 0) is 24.1 Å². The molecule has 0 aliphatic carbocycles. The maximum atomic E-state index is 5.75. The zero-order chi connectivity index (χ0) is 13.2. The molecule has 0 spiro atoms. The highest BCUT2D eigenvalue weighted by molar-refractivity contribution is 5.54. The fourth-order valence-corrected chi connectivity index (χ4v) is 1.54. The molecule has 0 aliphatic heterocycles. The molecule has 0 saturated heterocycles. The van der Waals surface area contributed by atoms with Crippen LogP contribution < -0.4 is 9.47 Å². The minimum Gasteiger partial charge on any atom is -0.490 e. The Balaban J connectivity index is 2.66. The predicted molar refractivity (Wildman–Crippen MR) is 74.1 cm³/mol. The van der Waals surface area contributed by atoms with Crippen LogP contribution in [0.15, 0.2) is 24.8 Å². The van der Waals surface area contributed by atoms with Gasteiger partial charge in [0, 0.05) is 7.11 Å². The Bertz CT molecular complexity index is 361. The van der Waals surface area contributed by atoms with Gasteiger partial charge in [-0.25, -0.2) is 0 Å². The Labute approximate surface area is 109 Å². The van der Waals surface area contributed by atoms with Gasteiger partial charge < -0.3 is 14.2 Å². The molecule has 0 aromatic heterocycles. The van der Waals surface area contributed by atoms with Crippen molar-refractivity contribution in [3.05, 3.63) is 30.3 Å². The van der Waals surface area contributed by atoms with Gasteiger partial charge in [0.2, 0.25) is 0 Å². The van der Waals surface area contributed by atoms with Crippen LogP contribution in [0.5, 0.6) is 11.5 Å². The Morgan fingerprint density at radius 2 is 2.00 bits per heavy atom. The Morgan fingerprint density at radius 1 is 1.17 bits per heavy atom. The largest absolute Gasteiger partial charge is 0.490 e. The number of ether oxygens (including phenoxy) is 3. The van der Waals surface area contributed by atoms with Gasteiger partial charge in [0.05, 0.1) is 6.61 Å². The van der Waals surface area contributed by atoms with Crippen molar-refractivity contribution >= 4 is 6.08 Å².